The molecule has 0 bridgehead atoms. The summed E-state index contributed by atoms with van der Waals surface area (Å²) in [5, 5.41) is 0. The molecule has 0 aromatic rings. The molecular formula is C13H20O2S. The van der Waals surface area contributed by atoms with E-state index < -0.39 is 9.84 Å². The first kappa shape index (κ1) is 11.9. The molecule has 0 spiro atoms. The summed E-state index contributed by atoms with van der Waals surface area (Å²) in [6.45, 7) is 7.74. The smallest absolute Gasteiger partial charge is 0.150 e. The summed E-state index contributed by atoms with van der Waals surface area (Å²) < 4.78 is 23.6. The molecule has 90 valence electrons. The fraction of sp³-hybridized carbons (Fsp3) is 0.692. The minimum Gasteiger partial charge on any atom is -0.229 e. The van der Waals surface area contributed by atoms with Crippen LogP contribution in [0.25, 0.3) is 0 Å². The van der Waals surface area contributed by atoms with Gasteiger partial charge in [-0.05, 0) is 42.9 Å². The van der Waals surface area contributed by atoms with Gasteiger partial charge in [0, 0.05) is 0 Å². The SMILES string of the molecule is C=CC1CC(C=C)C2CS(=O)(=O)CCCC12. The minimum atomic E-state index is -2.83. The molecule has 0 N–H and O–H groups in total. The summed E-state index contributed by atoms with van der Waals surface area (Å²) in [5.41, 5.74) is 0. The predicted molar refractivity (Wildman–Crippen MR) is 66.9 cm³/mol. The minimum absolute atomic E-state index is 0.285. The first-order valence-electron chi connectivity index (χ1n) is 6.03. The molecule has 1 heterocycles. The Morgan fingerprint density at radius 2 is 1.69 bits per heavy atom. The van der Waals surface area contributed by atoms with Gasteiger partial charge in [0.1, 0.15) is 0 Å². The zero-order valence-electron chi connectivity index (χ0n) is 9.64. The monoisotopic (exact) mass is 240 g/mol. The molecule has 4 atom stereocenters. The van der Waals surface area contributed by atoms with Gasteiger partial charge in [-0.1, -0.05) is 12.2 Å². The topological polar surface area (TPSA) is 34.1 Å². The van der Waals surface area contributed by atoms with Crippen LogP contribution in [0, 0.1) is 23.7 Å². The highest BCUT2D eigenvalue weighted by Crippen LogP contribution is 2.47. The largest absolute Gasteiger partial charge is 0.229 e. The van der Waals surface area contributed by atoms with Crippen LogP contribution in [0.4, 0.5) is 0 Å². The molecule has 1 aliphatic heterocycles. The molecule has 0 radical (unpaired) electrons. The third-order valence-electron chi connectivity index (χ3n) is 4.24. The number of hydrogen-bond acceptors (Lipinski definition) is 2. The van der Waals surface area contributed by atoms with Crippen LogP contribution in [0.2, 0.25) is 0 Å². The second kappa shape index (κ2) is 4.36. The van der Waals surface area contributed by atoms with Gasteiger partial charge in [0.05, 0.1) is 11.5 Å². The van der Waals surface area contributed by atoms with E-state index in [1.807, 2.05) is 12.2 Å². The molecule has 1 saturated carbocycles. The van der Waals surface area contributed by atoms with Crippen LogP contribution in [-0.2, 0) is 9.84 Å². The van der Waals surface area contributed by atoms with Gasteiger partial charge in [0.2, 0.25) is 0 Å². The lowest BCUT2D eigenvalue weighted by atomic mass is 9.85. The van der Waals surface area contributed by atoms with Crippen molar-refractivity contribution in [2.24, 2.45) is 23.7 Å². The number of rotatable bonds is 2. The van der Waals surface area contributed by atoms with Crippen molar-refractivity contribution in [2.75, 3.05) is 11.5 Å². The molecule has 2 fully saturated rings. The van der Waals surface area contributed by atoms with E-state index in [0.29, 0.717) is 29.3 Å². The number of hydrogen-bond donors (Lipinski definition) is 0. The lowest BCUT2D eigenvalue weighted by Crippen LogP contribution is -2.23. The normalized spacial score (nSPS) is 42.0. The summed E-state index contributed by atoms with van der Waals surface area (Å²) in [6.07, 6.45) is 6.85. The van der Waals surface area contributed by atoms with E-state index in [4.69, 9.17) is 0 Å². The van der Waals surface area contributed by atoms with Gasteiger partial charge in [-0.2, -0.15) is 0 Å². The molecule has 2 aliphatic rings. The van der Waals surface area contributed by atoms with Crippen LogP contribution < -0.4 is 0 Å². The molecule has 2 rings (SSSR count). The number of allylic oxidation sites excluding steroid dienone is 2. The van der Waals surface area contributed by atoms with Gasteiger partial charge in [-0.3, -0.25) is 0 Å². The Morgan fingerprint density at radius 1 is 1.06 bits per heavy atom. The molecule has 0 aromatic heterocycles. The summed E-state index contributed by atoms with van der Waals surface area (Å²) >= 11 is 0. The molecular weight excluding hydrogens is 220 g/mol. The van der Waals surface area contributed by atoms with Crippen LogP contribution in [-0.4, -0.2) is 19.9 Å². The Balaban J connectivity index is 2.28. The molecule has 2 nitrogen and oxygen atoms in total. The van der Waals surface area contributed by atoms with Crippen molar-refractivity contribution in [1.82, 2.24) is 0 Å². The van der Waals surface area contributed by atoms with E-state index in [9.17, 15) is 8.42 Å². The van der Waals surface area contributed by atoms with Crippen molar-refractivity contribution in [3.8, 4) is 0 Å². The summed E-state index contributed by atoms with van der Waals surface area (Å²) in [4.78, 5) is 0. The lowest BCUT2D eigenvalue weighted by Gasteiger charge is -2.21. The fourth-order valence-electron chi connectivity index (χ4n) is 3.43. The Kier molecular flexibility index (Phi) is 3.24. The maximum Gasteiger partial charge on any atom is 0.150 e. The van der Waals surface area contributed by atoms with E-state index in [2.05, 4.69) is 13.2 Å². The number of fused-ring (bicyclic) bond motifs is 1. The van der Waals surface area contributed by atoms with Crippen molar-refractivity contribution < 1.29 is 8.42 Å². The Morgan fingerprint density at radius 3 is 2.31 bits per heavy atom. The van der Waals surface area contributed by atoms with E-state index in [0.717, 1.165) is 19.3 Å². The maximum absolute atomic E-state index is 11.8. The Labute approximate surface area is 98.4 Å². The van der Waals surface area contributed by atoms with Crippen LogP contribution in [0.15, 0.2) is 25.3 Å². The van der Waals surface area contributed by atoms with Crippen LogP contribution in [0.3, 0.4) is 0 Å². The summed E-state index contributed by atoms with van der Waals surface area (Å²) in [5.74, 6) is 2.37. The molecule has 4 unspecified atom stereocenters. The van der Waals surface area contributed by atoms with Crippen LogP contribution in [0.1, 0.15) is 19.3 Å². The number of sulfone groups is 1. The van der Waals surface area contributed by atoms with Crippen molar-refractivity contribution in [3.05, 3.63) is 25.3 Å². The standard InChI is InChI=1S/C13H20O2S/c1-3-10-8-11(4-2)13-9-16(14,15)7-5-6-12(10)13/h3-4,10-13H,1-2,5-9H2. The third kappa shape index (κ3) is 2.10. The van der Waals surface area contributed by atoms with Crippen molar-refractivity contribution >= 4 is 9.84 Å². The molecule has 1 saturated heterocycles. The zero-order valence-corrected chi connectivity index (χ0v) is 10.5. The van der Waals surface area contributed by atoms with Gasteiger partial charge < -0.3 is 0 Å². The molecule has 0 amide bonds. The fourth-order valence-corrected chi connectivity index (χ4v) is 5.29. The summed E-state index contributed by atoms with van der Waals surface area (Å²) in [7, 11) is -2.83. The van der Waals surface area contributed by atoms with Crippen molar-refractivity contribution in [1.29, 1.82) is 0 Å². The first-order valence-corrected chi connectivity index (χ1v) is 7.85. The highest BCUT2D eigenvalue weighted by atomic mass is 32.2. The molecule has 16 heavy (non-hydrogen) atoms. The van der Waals surface area contributed by atoms with Gasteiger partial charge in [-0.25, -0.2) is 8.42 Å². The quantitative estimate of drug-likeness (QED) is 0.695. The van der Waals surface area contributed by atoms with E-state index >= 15 is 0 Å². The average molecular weight is 240 g/mol. The van der Waals surface area contributed by atoms with Gasteiger partial charge in [0.25, 0.3) is 0 Å². The van der Waals surface area contributed by atoms with Gasteiger partial charge >= 0.3 is 0 Å². The first-order chi connectivity index (χ1) is 7.57. The van der Waals surface area contributed by atoms with Crippen molar-refractivity contribution in [3.63, 3.8) is 0 Å². The second-order valence-electron chi connectivity index (χ2n) is 5.12. The van der Waals surface area contributed by atoms with Gasteiger partial charge in [0.15, 0.2) is 9.84 Å². The Hall–Kier alpha value is -0.570. The van der Waals surface area contributed by atoms with E-state index in [1.54, 1.807) is 0 Å². The third-order valence-corrected chi connectivity index (χ3v) is 6.04. The highest BCUT2D eigenvalue weighted by Gasteiger charge is 2.43. The second-order valence-corrected chi connectivity index (χ2v) is 7.35. The van der Waals surface area contributed by atoms with E-state index in [1.165, 1.54) is 0 Å². The molecule has 1 aliphatic carbocycles. The van der Waals surface area contributed by atoms with Gasteiger partial charge in [-0.15, -0.1) is 13.2 Å². The zero-order chi connectivity index (χ0) is 11.8. The highest BCUT2D eigenvalue weighted by molar-refractivity contribution is 7.91. The van der Waals surface area contributed by atoms with E-state index in [-0.39, 0.29) is 5.92 Å². The van der Waals surface area contributed by atoms with Crippen LogP contribution in [0.5, 0.6) is 0 Å². The maximum atomic E-state index is 11.8. The predicted octanol–water partition coefficient (Wildman–Crippen LogP) is 2.44. The Bertz CT molecular complexity index is 383. The summed E-state index contributed by atoms with van der Waals surface area (Å²) in [6, 6.07) is 0. The average Bonchev–Trinajstić information content (AvgIpc) is 2.46. The molecule has 3 heteroatoms. The lowest BCUT2D eigenvalue weighted by molar-refractivity contribution is 0.335. The molecule has 0 aromatic carbocycles. The van der Waals surface area contributed by atoms with Crippen molar-refractivity contribution in [2.45, 2.75) is 19.3 Å². The van der Waals surface area contributed by atoms with Crippen LogP contribution >= 0.6 is 0 Å².